The van der Waals surface area contributed by atoms with Gasteiger partial charge in [0.15, 0.2) is 0 Å². The van der Waals surface area contributed by atoms with Crippen molar-refractivity contribution in [3.63, 3.8) is 0 Å². The first-order valence-corrected chi connectivity index (χ1v) is 14.2. The van der Waals surface area contributed by atoms with Crippen molar-refractivity contribution in [3.8, 4) is 0 Å². The van der Waals surface area contributed by atoms with Crippen LogP contribution in [0.25, 0.3) is 0 Å². The van der Waals surface area contributed by atoms with E-state index in [0.29, 0.717) is 12.1 Å². The largest absolute Gasteiger partial charge is 0.416 e. The van der Waals surface area contributed by atoms with Crippen LogP contribution in [0.5, 0.6) is 0 Å². The number of likely N-dealkylation sites (N-methyl/N-ethyl adjacent to an activating group) is 1. The van der Waals surface area contributed by atoms with Crippen LogP contribution in [0.15, 0.2) is 48.5 Å². The van der Waals surface area contributed by atoms with Crippen LogP contribution in [0.1, 0.15) is 39.6 Å². The van der Waals surface area contributed by atoms with Crippen molar-refractivity contribution in [2.75, 3.05) is 46.3 Å². The van der Waals surface area contributed by atoms with Gasteiger partial charge < -0.3 is 42.7 Å². The highest BCUT2D eigenvalue weighted by Crippen LogP contribution is 2.31. The van der Waals surface area contributed by atoms with Crippen molar-refractivity contribution in [1.82, 2.24) is 20.4 Å². The van der Waals surface area contributed by atoms with Gasteiger partial charge in [0.25, 0.3) is 5.91 Å². The van der Waals surface area contributed by atoms with Crippen molar-refractivity contribution in [2.24, 2.45) is 17.2 Å². The van der Waals surface area contributed by atoms with E-state index in [2.05, 4.69) is 10.6 Å². The third-order valence-corrected chi connectivity index (χ3v) is 6.92. The minimum absolute atomic E-state index is 0.0881. The Labute approximate surface area is 266 Å². The monoisotopic (exact) mass is 677 g/mol. The summed E-state index contributed by atoms with van der Waals surface area (Å²) in [4.78, 5) is 53.7. The summed E-state index contributed by atoms with van der Waals surface area (Å²) in [5.74, 6) is -3.29. The summed E-state index contributed by atoms with van der Waals surface area (Å²) in [6, 6.07) is 3.28. The van der Waals surface area contributed by atoms with Crippen molar-refractivity contribution in [1.29, 1.82) is 0 Å². The zero-order valence-electron chi connectivity index (χ0n) is 25.3. The van der Waals surface area contributed by atoms with Gasteiger partial charge in [0.2, 0.25) is 17.7 Å². The van der Waals surface area contributed by atoms with Gasteiger partial charge in [0.05, 0.1) is 23.6 Å². The Kier molecular flexibility index (Phi) is 14.1. The second-order valence-corrected chi connectivity index (χ2v) is 10.4. The Morgan fingerprint density at radius 2 is 1.32 bits per heavy atom. The predicted molar refractivity (Wildman–Crippen MR) is 157 cm³/mol. The second-order valence-electron chi connectivity index (χ2n) is 10.4. The van der Waals surface area contributed by atoms with E-state index in [9.17, 15) is 50.6 Å². The highest BCUT2D eigenvalue weighted by Gasteiger charge is 2.35. The molecular formula is C29H37F6N7O5. The lowest BCUT2D eigenvalue weighted by Crippen LogP contribution is -2.55. The minimum atomic E-state index is -4.68. The fourth-order valence-electron chi connectivity index (χ4n) is 4.28. The van der Waals surface area contributed by atoms with Crippen LogP contribution in [0.2, 0.25) is 0 Å². The standard InChI is InChI=1S/C29H37F6N7O5/c1-41(15-12-39-25(45)18-4-8-20(9-5-18)29(33,34)35)27(47)23(24(44)17-2-6-19(7-3-17)28(30,31)32)40-26(46)21(38)16-22(43)42(13-10-36)14-11-37/h2-9,21,23-24,44H,10-16,36-38H2,1H3,(H,39,45)(H,40,46)/t21?,23-,24+/m0/s1. The van der Waals surface area contributed by atoms with Crippen molar-refractivity contribution >= 4 is 23.6 Å². The SMILES string of the molecule is CN(CCNC(=O)c1ccc(C(F)(F)F)cc1)C(=O)[C@@H](NC(=O)C(N)CC(=O)N(CCN)CCN)[C@H](O)c1ccc(C(F)(F)F)cc1. The number of rotatable bonds is 15. The third-order valence-electron chi connectivity index (χ3n) is 6.92. The van der Waals surface area contributed by atoms with E-state index in [1.165, 1.54) is 11.9 Å². The molecule has 9 N–H and O–H groups in total. The van der Waals surface area contributed by atoms with E-state index in [0.717, 1.165) is 41.3 Å². The molecule has 0 radical (unpaired) electrons. The number of alkyl halides is 6. The van der Waals surface area contributed by atoms with Gasteiger partial charge in [-0.2, -0.15) is 26.3 Å². The van der Waals surface area contributed by atoms with E-state index >= 15 is 0 Å². The van der Waals surface area contributed by atoms with Gasteiger partial charge >= 0.3 is 12.4 Å². The number of halogens is 6. The molecule has 0 saturated heterocycles. The molecule has 4 amide bonds. The first kappa shape index (κ1) is 38.9. The average Bonchev–Trinajstić information content (AvgIpc) is 3.01. The van der Waals surface area contributed by atoms with Crippen LogP contribution < -0.4 is 27.8 Å². The first-order valence-electron chi connectivity index (χ1n) is 14.2. The lowest BCUT2D eigenvalue weighted by atomic mass is 9.99. The Balaban J connectivity index is 2.19. The summed E-state index contributed by atoms with van der Waals surface area (Å²) >= 11 is 0. The molecule has 0 aromatic heterocycles. The molecule has 0 aliphatic heterocycles. The molecule has 0 aliphatic rings. The summed E-state index contributed by atoms with van der Waals surface area (Å²) in [6.45, 7) is 0.0529. The van der Waals surface area contributed by atoms with Gasteiger partial charge in [-0.3, -0.25) is 19.2 Å². The molecule has 0 aliphatic carbocycles. The number of nitrogens with one attached hydrogen (secondary N) is 2. The molecule has 0 bridgehead atoms. The maximum atomic E-state index is 13.4. The number of benzene rings is 2. The Hall–Kier alpha value is -4.26. The molecule has 1 unspecified atom stereocenters. The summed E-state index contributed by atoms with van der Waals surface area (Å²) in [5.41, 5.74) is 14.7. The van der Waals surface area contributed by atoms with Gasteiger partial charge in [0, 0.05) is 51.9 Å². The number of carbonyl (C=O) groups is 4. The molecule has 0 fully saturated rings. The van der Waals surface area contributed by atoms with Crippen LogP contribution in [0.4, 0.5) is 26.3 Å². The second kappa shape index (κ2) is 17.1. The highest BCUT2D eigenvalue weighted by atomic mass is 19.4. The molecular weight excluding hydrogens is 640 g/mol. The lowest BCUT2D eigenvalue weighted by molar-refractivity contribution is -0.140. The fourth-order valence-corrected chi connectivity index (χ4v) is 4.28. The smallest absolute Gasteiger partial charge is 0.386 e. The van der Waals surface area contributed by atoms with E-state index in [1.54, 1.807) is 0 Å². The van der Waals surface area contributed by atoms with Gasteiger partial charge in [0.1, 0.15) is 12.1 Å². The molecule has 2 rings (SSSR count). The van der Waals surface area contributed by atoms with Gasteiger partial charge in [-0.25, -0.2) is 0 Å². The van der Waals surface area contributed by atoms with Crippen molar-refractivity contribution in [3.05, 3.63) is 70.8 Å². The van der Waals surface area contributed by atoms with Crippen LogP contribution in [0, 0.1) is 0 Å². The molecule has 3 atom stereocenters. The minimum Gasteiger partial charge on any atom is -0.386 e. The predicted octanol–water partition coefficient (Wildman–Crippen LogP) is 0.594. The third kappa shape index (κ3) is 11.5. The summed E-state index contributed by atoms with van der Waals surface area (Å²) in [6.07, 6.45) is -11.7. The molecule has 0 saturated carbocycles. The van der Waals surface area contributed by atoms with Crippen LogP contribution in [0.3, 0.4) is 0 Å². The zero-order chi connectivity index (χ0) is 35.5. The molecule has 2 aromatic carbocycles. The number of nitrogens with two attached hydrogens (primary N) is 3. The topological polar surface area (TPSA) is 197 Å². The molecule has 0 spiro atoms. The maximum Gasteiger partial charge on any atom is 0.416 e. The highest BCUT2D eigenvalue weighted by molar-refractivity contribution is 5.94. The first-order chi connectivity index (χ1) is 21.9. The fraction of sp³-hybridized carbons (Fsp3) is 0.448. The van der Waals surface area contributed by atoms with E-state index in [1.807, 2.05) is 0 Å². The maximum absolute atomic E-state index is 13.4. The normalized spacial score (nSPS) is 13.7. The van der Waals surface area contributed by atoms with Gasteiger partial charge in [-0.05, 0) is 42.0 Å². The Morgan fingerprint density at radius 3 is 1.79 bits per heavy atom. The number of hydrogen-bond donors (Lipinski definition) is 6. The molecule has 260 valence electrons. The zero-order valence-corrected chi connectivity index (χ0v) is 25.3. The number of nitrogens with zero attached hydrogens (tertiary/aromatic N) is 2. The number of aliphatic hydroxyl groups excluding tert-OH is 1. The van der Waals surface area contributed by atoms with Crippen LogP contribution in [-0.4, -0.2) is 96.9 Å². The summed E-state index contributed by atoms with van der Waals surface area (Å²) < 4.78 is 77.6. The summed E-state index contributed by atoms with van der Waals surface area (Å²) in [5, 5.41) is 15.7. The molecule has 18 heteroatoms. The average molecular weight is 678 g/mol. The molecule has 0 heterocycles. The van der Waals surface area contributed by atoms with Crippen LogP contribution >= 0.6 is 0 Å². The Morgan fingerprint density at radius 1 is 0.830 bits per heavy atom. The number of carbonyl (C=O) groups excluding carboxylic acids is 4. The van der Waals surface area contributed by atoms with Crippen molar-refractivity contribution < 1.29 is 50.6 Å². The van der Waals surface area contributed by atoms with E-state index in [-0.39, 0.29) is 50.4 Å². The molecule has 47 heavy (non-hydrogen) atoms. The van der Waals surface area contributed by atoms with Gasteiger partial charge in [-0.15, -0.1) is 0 Å². The quantitative estimate of drug-likeness (QED) is 0.147. The van der Waals surface area contributed by atoms with Crippen LogP contribution in [-0.2, 0) is 26.7 Å². The lowest BCUT2D eigenvalue weighted by Gasteiger charge is -2.29. The number of hydrogen-bond acceptors (Lipinski definition) is 8. The molecule has 2 aromatic rings. The number of aliphatic hydroxyl groups is 1. The molecule has 12 nitrogen and oxygen atoms in total. The van der Waals surface area contributed by atoms with E-state index < -0.39 is 71.7 Å². The summed E-state index contributed by atoms with van der Waals surface area (Å²) in [7, 11) is 1.24. The number of amides is 4. The van der Waals surface area contributed by atoms with Crippen molar-refractivity contribution in [2.45, 2.75) is 37.0 Å². The Bertz CT molecular complexity index is 1350. The van der Waals surface area contributed by atoms with E-state index in [4.69, 9.17) is 17.2 Å². The van der Waals surface area contributed by atoms with Gasteiger partial charge in [-0.1, -0.05) is 12.1 Å².